The molecule has 0 aromatic heterocycles. The molecular formula is C19H22ClNOS. The fraction of sp³-hybridized carbons (Fsp3) is 0.368. The number of fused-ring (bicyclic) bond motifs is 2. The summed E-state index contributed by atoms with van der Waals surface area (Å²) >= 11 is 7.24. The third-order valence-electron chi connectivity index (χ3n) is 4.63. The summed E-state index contributed by atoms with van der Waals surface area (Å²) in [6, 6.07) is 14.5. The Bertz CT molecular complexity index is 704. The molecule has 0 bridgehead atoms. The Kier molecular flexibility index (Phi) is 5.02. The molecule has 0 aliphatic heterocycles. The largest absolute Gasteiger partial charge is 0.329 e. The maximum Gasteiger partial charge on any atom is 0.0923 e. The third-order valence-corrected chi connectivity index (χ3v) is 5.82. The predicted molar refractivity (Wildman–Crippen MR) is 99.5 cm³/mol. The van der Waals surface area contributed by atoms with Crippen molar-refractivity contribution in [3.05, 3.63) is 69.7 Å². The lowest BCUT2D eigenvalue weighted by Crippen LogP contribution is -2.31. The van der Waals surface area contributed by atoms with Gasteiger partial charge in [-0.2, -0.15) is 0 Å². The Morgan fingerprint density at radius 1 is 1.13 bits per heavy atom. The van der Waals surface area contributed by atoms with E-state index < -0.39 is 4.75 Å². The van der Waals surface area contributed by atoms with Crippen molar-refractivity contribution in [2.24, 2.45) is 0 Å². The summed E-state index contributed by atoms with van der Waals surface area (Å²) in [6.45, 7) is 1.00. The summed E-state index contributed by atoms with van der Waals surface area (Å²) in [4.78, 5) is 2.18. The molecule has 4 heteroatoms. The van der Waals surface area contributed by atoms with Crippen molar-refractivity contribution in [1.82, 2.24) is 4.90 Å². The van der Waals surface area contributed by atoms with Gasteiger partial charge in [-0.15, -0.1) is 0 Å². The van der Waals surface area contributed by atoms with Crippen molar-refractivity contribution in [1.29, 1.82) is 0 Å². The van der Waals surface area contributed by atoms with E-state index in [1.165, 1.54) is 16.7 Å². The smallest absolute Gasteiger partial charge is 0.0923 e. The normalized spacial score (nSPS) is 19.5. The summed E-state index contributed by atoms with van der Waals surface area (Å²) in [7, 11) is 4.16. The molecule has 0 saturated carbocycles. The van der Waals surface area contributed by atoms with E-state index in [1.807, 2.05) is 12.1 Å². The number of nitrogens with zero attached hydrogens (tertiary/aromatic N) is 1. The second-order valence-electron chi connectivity index (χ2n) is 6.46. The highest BCUT2D eigenvalue weighted by Crippen LogP contribution is 2.51. The second kappa shape index (κ2) is 6.86. The summed E-state index contributed by atoms with van der Waals surface area (Å²) in [5.74, 6) is 0. The summed E-state index contributed by atoms with van der Waals surface area (Å²) in [5.41, 5.74) is 4.95. The fourth-order valence-electron chi connectivity index (χ4n) is 3.56. The molecular weight excluding hydrogens is 326 g/mol. The molecule has 2 aromatic carbocycles. The third kappa shape index (κ3) is 3.16. The van der Waals surface area contributed by atoms with Crippen LogP contribution in [0.2, 0.25) is 5.02 Å². The Hall–Kier alpha value is -1.00. The van der Waals surface area contributed by atoms with Crippen molar-refractivity contribution < 1.29 is 4.55 Å². The molecule has 0 fully saturated rings. The van der Waals surface area contributed by atoms with Gasteiger partial charge < -0.3 is 9.45 Å². The number of hydrogen-bond donors (Lipinski definition) is 1. The molecule has 1 aliphatic rings. The van der Waals surface area contributed by atoms with Crippen molar-refractivity contribution in [3.63, 3.8) is 0 Å². The van der Waals surface area contributed by atoms with Crippen molar-refractivity contribution >= 4 is 23.6 Å². The van der Waals surface area contributed by atoms with Gasteiger partial charge >= 0.3 is 0 Å². The molecule has 3 rings (SSSR count). The van der Waals surface area contributed by atoms with Crippen molar-refractivity contribution in [3.8, 4) is 0 Å². The van der Waals surface area contributed by atoms with Crippen molar-refractivity contribution in [2.45, 2.75) is 24.0 Å². The highest BCUT2D eigenvalue weighted by molar-refractivity contribution is 7.95. The van der Waals surface area contributed by atoms with E-state index in [9.17, 15) is 4.55 Å². The zero-order chi connectivity index (χ0) is 16.4. The van der Waals surface area contributed by atoms with Crippen LogP contribution in [0.5, 0.6) is 0 Å². The number of rotatable bonds is 5. The second-order valence-corrected chi connectivity index (χ2v) is 7.78. The first-order valence-corrected chi connectivity index (χ1v) is 9.06. The fourth-order valence-corrected chi connectivity index (χ4v) is 4.55. The Morgan fingerprint density at radius 3 is 2.61 bits per heavy atom. The van der Waals surface area contributed by atoms with Crippen LogP contribution in [-0.2, 0) is 11.2 Å². The average molecular weight is 348 g/mol. The minimum absolute atomic E-state index is 0.426. The lowest BCUT2D eigenvalue weighted by atomic mass is 9.75. The average Bonchev–Trinajstić information content (AvgIpc) is 2.54. The molecule has 0 spiro atoms. The highest BCUT2D eigenvalue weighted by Gasteiger charge is 2.41. The van der Waals surface area contributed by atoms with Crippen LogP contribution in [0.4, 0.5) is 0 Å². The first-order valence-electron chi connectivity index (χ1n) is 7.91. The standard InChI is InChI=1S/C19H22ClNOS/c1-21(2)11-5-10-19(23-22)17-7-4-3-6-14(17)12-15-8-9-16(20)13-18(15)19/h3-4,6-9,13,22H,5,10-12H2,1-2H3. The first-order chi connectivity index (χ1) is 11.1. The zero-order valence-corrected chi connectivity index (χ0v) is 15.1. The Balaban J connectivity index is 2.10. The van der Waals surface area contributed by atoms with Gasteiger partial charge in [0.2, 0.25) is 0 Å². The van der Waals surface area contributed by atoms with Gasteiger partial charge in [-0.3, -0.25) is 0 Å². The molecule has 0 heterocycles. The monoisotopic (exact) mass is 347 g/mol. The topological polar surface area (TPSA) is 23.5 Å². The summed E-state index contributed by atoms with van der Waals surface area (Å²) < 4.78 is 9.93. The maximum atomic E-state index is 10.4. The minimum Gasteiger partial charge on any atom is -0.329 e. The molecule has 1 unspecified atom stereocenters. The minimum atomic E-state index is -0.426. The lowest BCUT2D eigenvalue weighted by Gasteiger charge is -2.39. The molecule has 2 aromatic rings. The summed E-state index contributed by atoms with van der Waals surface area (Å²) in [6.07, 6.45) is 2.80. The first kappa shape index (κ1) is 16.8. The molecule has 2 nitrogen and oxygen atoms in total. The van der Waals surface area contributed by atoms with Gasteiger partial charge in [-0.1, -0.05) is 41.9 Å². The van der Waals surface area contributed by atoms with Gasteiger partial charge in [0.15, 0.2) is 0 Å². The SMILES string of the molecule is CN(C)CCCC1(SO)c2ccccc2Cc2ccc(Cl)cc21. The van der Waals surface area contributed by atoms with E-state index >= 15 is 0 Å². The lowest BCUT2D eigenvalue weighted by molar-refractivity contribution is 0.383. The predicted octanol–water partition coefficient (Wildman–Crippen LogP) is 5.04. The van der Waals surface area contributed by atoms with E-state index in [0.717, 1.165) is 48.4 Å². The van der Waals surface area contributed by atoms with Crippen LogP contribution in [-0.4, -0.2) is 30.1 Å². The van der Waals surface area contributed by atoms with Crippen LogP contribution in [0.25, 0.3) is 0 Å². The van der Waals surface area contributed by atoms with E-state index in [0.29, 0.717) is 0 Å². The molecule has 23 heavy (non-hydrogen) atoms. The Labute approximate surface area is 147 Å². The van der Waals surface area contributed by atoms with Crippen LogP contribution >= 0.6 is 23.6 Å². The van der Waals surface area contributed by atoms with Crippen LogP contribution in [0.15, 0.2) is 42.5 Å². The number of halogens is 1. The van der Waals surface area contributed by atoms with Crippen molar-refractivity contribution in [2.75, 3.05) is 20.6 Å². The van der Waals surface area contributed by atoms with Gasteiger partial charge in [0, 0.05) is 17.1 Å². The quantitative estimate of drug-likeness (QED) is 0.767. The molecule has 1 atom stereocenters. The van der Waals surface area contributed by atoms with Crippen LogP contribution in [0.1, 0.15) is 35.1 Å². The molecule has 122 valence electrons. The molecule has 0 saturated heterocycles. The van der Waals surface area contributed by atoms with Gasteiger partial charge in [0.25, 0.3) is 0 Å². The summed E-state index contributed by atoms with van der Waals surface area (Å²) in [5, 5.41) is 0.731. The Morgan fingerprint density at radius 2 is 1.87 bits per heavy atom. The van der Waals surface area contributed by atoms with E-state index in [2.05, 4.69) is 49.3 Å². The van der Waals surface area contributed by atoms with E-state index in [4.69, 9.17) is 11.6 Å². The van der Waals surface area contributed by atoms with Gasteiger partial charge in [0.1, 0.15) is 0 Å². The van der Waals surface area contributed by atoms with Crippen LogP contribution < -0.4 is 0 Å². The molecule has 1 aliphatic carbocycles. The molecule has 0 radical (unpaired) electrons. The van der Waals surface area contributed by atoms with E-state index in [-0.39, 0.29) is 0 Å². The highest BCUT2D eigenvalue weighted by atomic mass is 35.5. The van der Waals surface area contributed by atoms with Gasteiger partial charge in [-0.25, -0.2) is 0 Å². The van der Waals surface area contributed by atoms with E-state index in [1.54, 1.807) is 0 Å². The molecule has 1 N–H and O–H groups in total. The van der Waals surface area contributed by atoms with Crippen LogP contribution in [0.3, 0.4) is 0 Å². The number of benzene rings is 2. The van der Waals surface area contributed by atoms with Crippen LogP contribution in [0, 0.1) is 0 Å². The molecule has 0 amide bonds. The van der Waals surface area contributed by atoms with Gasteiger partial charge in [-0.05, 0) is 74.3 Å². The number of hydrogen-bond acceptors (Lipinski definition) is 3. The van der Waals surface area contributed by atoms with Gasteiger partial charge in [0.05, 0.1) is 4.75 Å². The maximum absolute atomic E-state index is 10.4. The zero-order valence-electron chi connectivity index (χ0n) is 13.6.